The molecule has 2 aromatic rings. The molecular weight excluding hydrogens is 256 g/mol. The van der Waals surface area contributed by atoms with E-state index >= 15 is 0 Å². The van der Waals surface area contributed by atoms with Crippen molar-refractivity contribution < 1.29 is 9.53 Å². The minimum Gasteiger partial charge on any atom is -0.497 e. The van der Waals surface area contributed by atoms with Crippen molar-refractivity contribution in [3.63, 3.8) is 0 Å². The molecule has 106 valence electrons. The second-order valence-corrected chi connectivity index (χ2v) is 4.29. The standard InChI is InChI=1S/C14H18N4O2/c1-20-13-5-2-4-12(8-13)18(7-3-6-15)14(19)11-9-16-17-10-11/h2,4-5,8-10H,3,6-7,15H2,1H3,(H,16,17). The molecule has 0 aliphatic heterocycles. The van der Waals surface area contributed by atoms with Crippen LogP contribution in [0.25, 0.3) is 0 Å². The van der Waals surface area contributed by atoms with E-state index in [0.29, 0.717) is 24.4 Å². The Morgan fingerprint density at radius 3 is 3.00 bits per heavy atom. The highest BCUT2D eigenvalue weighted by Gasteiger charge is 2.18. The van der Waals surface area contributed by atoms with Gasteiger partial charge in [0.2, 0.25) is 0 Å². The monoisotopic (exact) mass is 274 g/mol. The minimum atomic E-state index is -0.111. The van der Waals surface area contributed by atoms with Crippen molar-refractivity contribution in [2.45, 2.75) is 6.42 Å². The molecule has 0 fully saturated rings. The van der Waals surface area contributed by atoms with E-state index in [1.54, 1.807) is 18.2 Å². The molecule has 0 aliphatic rings. The van der Waals surface area contributed by atoms with Crippen LogP contribution in [0, 0.1) is 0 Å². The van der Waals surface area contributed by atoms with Crippen molar-refractivity contribution in [3.8, 4) is 5.75 Å². The molecule has 1 aromatic heterocycles. The Kier molecular flexibility index (Phi) is 4.73. The van der Waals surface area contributed by atoms with E-state index in [9.17, 15) is 4.79 Å². The average Bonchev–Trinajstić information content (AvgIpc) is 3.02. The molecule has 0 spiro atoms. The molecule has 3 N–H and O–H groups in total. The minimum absolute atomic E-state index is 0.111. The predicted molar refractivity (Wildman–Crippen MR) is 76.9 cm³/mol. The zero-order valence-electron chi connectivity index (χ0n) is 11.4. The number of rotatable bonds is 6. The summed E-state index contributed by atoms with van der Waals surface area (Å²) < 4.78 is 5.20. The van der Waals surface area contributed by atoms with Gasteiger partial charge in [0.25, 0.3) is 5.91 Å². The van der Waals surface area contributed by atoms with Crippen LogP contribution in [-0.4, -0.2) is 36.3 Å². The fourth-order valence-electron chi connectivity index (χ4n) is 1.90. The van der Waals surface area contributed by atoms with Gasteiger partial charge < -0.3 is 15.4 Å². The topological polar surface area (TPSA) is 84.2 Å². The van der Waals surface area contributed by atoms with Crippen molar-refractivity contribution >= 4 is 11.6 Å². The first-order valence-electron chi connectivity index (χ1n) is 6.41. The number of benzene rings is 1. The van der Waals surface area contributed by atoms with Gasteiger partial charge >= 0.3 is 0 Å². The number of carbonyl (C=O) groups is 1. The van der Waals surface area contributed by atoms with Gasteiger partial charge in [0.05, 0.1) is 18.9 Å². The fraction of sp³-hybridized carbons (Fsp3) is 0.286. The molecule has 1 amide bonds. The molecule has 6 heteroatoms. The summed E-state index contributed by atoms with van der Waals surface area (Å²) >= 11 is 0. The maximum Gasteiger partial charge on any atom is 0.261 e. The normalized spacial score (nSPS) is 10.3. The largest absolute Gasteiger partial charge is 0.497 e. The van der Waals surface area contributed by atoms with E-state index in [0.717, 1.165) is 12.1 Å². The van der Waals surface area contributed by atoms with Crippen LogP contribution in [-0.2, 0) is 0 Å². The van der Waals surface area contributed by atoms with Gasteiger partial charge in [0.15, 0.2) is 0 Å². The van der Waals surface area contributed by atoms with Gasteiger partial charge in [-0.2, -0.15) is 5.10 Å². The lowest BCUT2D eigenvalue weighted by molar-refractivity contribution is 0.0987. The molecule has 0 atom stereocenters. The average molecular weight is 274 g/mol. The predicted octanol–water partition coefficient (Wildman–Crippen LogP) is 1.41. The summed E-state index contributed by atoms with van der Waals surface area (Å²) in [5, 5.41) is 6.46. The summed E-state index contributed by atoms with van der Waals surface area (Å²) in [4.78, 5) is 14.2. The molecule has 0 bridgehead atoms. The number of nitrogens with one attached hydrogen (secondary N) is 1. The Morgan fingerprint density at radius 1 is 1.50 bits per heavy atom. The molecule has 20 heavy (non-hydrogen) atoms. The van der Waals surface area contributed by atoms with Gasteiger partial charge in [0, 0.05) is 24.5 Å². The van der Waals surface area contributed by atoms with Gasteiger partial charge in [-0.15, -0.1) is 0 Å². The maximum absolute atomic E-state index is 12.5. The van der Waals surface area contributed by atoms with Gasteiger partial charge in [-0.05, 0) is 25.1 Å². The summed E-state index contributed by atoms with van der Waals surface area (Å²) in [6.07, 6.45) is 3.82. The van der Waals surface area contributed by atoms with E-state index in [1.165, 1.54) is 6.20 Å². The molecule has 1 aromatic carbocycles. The number of carbonyl (C=O) groups excluding carboxylic acids is 1. The third kappa shape index (κ3) is 3.16. The SMILES string of the molecule is COc1cccc(N(CCCN)C(=O)c2cn[nH]c2)c1. The number of H-pyrrole nitrogens is 1. The molecular formula is C14H18N4O2. The third-order valence-electron chi connectivity index (χ3n) is 2.94. The van der Waals surface area contributed by atoms with Crippen LogP contribution >= 0.6 is 0 Å². The van der Waals surface area contributed by atoms with Crippen molar-refractivity contribution in [1.82, 2.24) is 10.2 Å². The number of hydrogen-bond acceptors (Lipinski definition) is 4. The van der Waals surface area contributed by atoms with Crippen LogP contribution < -0.4 is 15.4 Å². The molecule has 0 radical (unpaired) electrons. The van der Waals surface area contributed by atoms with Crippen LogP contribution in [0.1, 0.15) is 16.8 Å². The van der Waals surface area contributed by atoms with E-state index < -0.39 is 0 Å². The summed E-state index contributed by atoms with van der Waals surface area (Å²) in [6.45, 7) is 1.08. The van der Waals surface area contributed by atoms with Crippen molar-refractivity contribution in [2.75, 3.05) is 25.1 Å². The Balaban J connectivity index is 2.28. The number of amides is 1. The van der Waals surface area contributed by atoms with Crippen LogP contribution in [0.4, 0.5) is 5.69 Å². The second-order valence-electron chi connectivity index (χ2n) is 4.29. The second kappa shape index (κ2) is 6.72. The van der Waals surface area contributed by atoms with Gasteiger partial charge in [-0.1, -0.05) is 6.07 Å². The summed E-state index contributed by atoms with van der Waals surface area (Å²) in [5.74, 6) is 0.598. The Bertz CT molecular complexity index is 554. The lowest BCUT2D eigenvalue weighted by atomic mass is 10.2. The van der Waals surface area contributed by atoms with Crippen molar-refractivity contribution in [3.05, 3.63) is 42.2 Å². The number of ether oxygens (including phenoxy) is 1. The lowest BCUT2D eigenvalue weighted by Gasteiger charge is -2.22. The maximum atomic E-state index is 12.5. The van der Waals surface area contributed by atoms with Crippen LogP contribution in [0.3, 0.4) is 0 Å². The number of hydrogen-bond donors (Lipinski definition) is 2. The van der Waals surface area contributed by atoms with E-state index in [-0.39, 0.29) is 5.91 Å². The summed E-state index contributed by atoms with van der Waals surface area (Å²) in [6, 6.07) is 7.39. The van der Waals surface area contributed by atoms with Crippen LogP contribution in [0.15, 0.2) is 36.7 Å². The van der Waals surface area contributed by atoms with E-state index in [2.05, 4.69) is 10.2 Å². The molecule has 0 saturated carbocycles. The quantitative estimate of drug-likeness (QED) is 0.834. The Labute approximate surface area is 117 Å². The van der Waals surface area contributed by atoms with E-state index in [1.807, 2.05) is 24.3 Å². The highest BCUT2D eigenvalue weighted by atomic mass is 16.5. The fourth-order valence-corrected chi connectivity index (χ4v) is 1.90. The first-order valence-corrected chi connectivity index (χ1v) is 6.41. The number of anilines is 1. The molecule has 1 heterocycles. The Morgan fingerprint density at radius 2 is 2.35 bits per heavy atom. The molecule has 6 nitrogen and oxygen atoms in total. The zero-order valence-corrected chi connectivity index (χ0v) is 11.4. The zero-order chi connectivity index (χ0) is 14.4. The molecule has 0 aliphatic carbocycles. The van der Waals surface area contributed by atoms with Gasteiger partial charge in [-0.25, -0.2) is 0 Å². The Hall–Kier alpha value is -2.34. The third-order valence-corrected chi connectivity index (χ3v) is 2.94. The summed E-state index contributed by atoms with van der Waals surface area (Å²) in [7, 11) is 1.60. The smallest absolute Gasteiger partial charge is 0.261 e. The number of methoxy groups -OCH3 is 1. The van der Waals surface area contributed by atoms with Crippen molar-refractivity contribution in [1.29, 1.82) is 0 Å². The first-order chi connectivity index (χ1) is 9.76. The number of nitrogens with zero attached hydrogens (tertiary/aromatic N) is 2. The van der Waals surface area contributed by atoms with Crippen molar-refractivity contribution in [2.24, 2.45) is 5.73 Å². The van der Waals surface area contributed by atoms with Crippen LogP contribution in [0.2, 0.25) is 0 Å². The molecule has 0 saturated heterocycles. The molecule has 0 unspecified atom stereocenters. The molecule has 2 rings (SSSR count). The van der Waals surface area contributed by atoms with Gasteiger partial charge in [0.1, 0.15) is 5.75 Å². The van der Waals surface area contributed by atoms with Gasteiger partial charge in [-0.3, -0.25) is 9.89 Å². The van der Waals surface area contributed by atoms with Crippen LogP contribution in [0.5, 0.6) is 5.75 Å². The highest BCUT2D eigenvalue weighted by Crippen LogP contribution is 2.22. The number of nitrogens with two attached hydrogens (primary N) is 1. The number of aromatic amines is 1. The summed E-state index contributed by atoms with van der Waals surface area (Å²) in [5.41, 5.74) is 6.85. The van der Waals surface area contributed by atoms with E-state index in [4.69, 9.17) is 10.5 Å². The number of aromatic nitrogens is 2. The first kappa shape index (κ1) is 14.1. The highest BCUT2D eigenvalue weighted by molar-refractivity contribution is 6.05. The lowest BCUT2D eigenvalue weighted by Crippen LogP contribution is -2.32.